The highest BCUT2D eigenvalue weighted by molar-refractivity contribution is 5.89. The fourth-order valence-electron chi connectivity index (χ4n) is 3.04. The molecule has 1 fully saturated rings. The molecule has 3 rings (SSSR count). The standard InChI is InChI=1S/C17H23FN4O3/c1-17(2,3)25-16(24)22-9-7-21(8-10-22)13-11(18)5-6-12-14(13)20(4)15(23)19-12/h5-6H,7-10H2,1-4H3,(H,19,23). The molecule has 0 radical (unpaired) electrons. The van der Waals surface area contributed by atoms with E-state index in [0.29, 0.717) is 42.9 Å². The van der Waals surface area contributed by atoms with Gasteiger partial charge in [0.1, 0.15) is 11.4 Å². The summed E-state index contributed by atoms with van der Waals surface area (Å²) < 4.78 is 21.3. The number of aromatic nitrogens is 2. The van der Waals surface area contributed by atoms with E-state index in [2.05, 4.69) is 4.98 Å². The monoisotopic (exact) mass is 350 g/mol. The number of aromatic amines is 1. The van der Waals surface area contributed by atoms with Gasteiger partial charge in [-0.3, -0.25) is 4.57 Å². The van der Waals surface area contributed by atoms with E-state index < -0.39 is 5.60 Å². The minimum absolute atomic E-state index is 0.283. The molecular weight excluding hydrogens is 327 g/mol. The number of carbonyl (C=O) groups excluding carboxylic acids is 1. The van der Waals surface area contributed by atoms with Gasteiger partial charge in [-0.1, -0.05) is 0 Å². The Labute approximate surface area is 145 Å². The fraction of sp³-hybridized carbons (Fsp3) is 0.529. The first-order valence-corrected chi connectivity index (χ1v) is 8.27. The Hall–Kier alpha value is -2.51. The van der Waals surface area contributed by atoms with Gasteiger partial charge in [-0.05, 0) is 32.9 Å². The van der Waals surface area contributed by atoms with Crippen LogP contribution in [0.4, 0.5) is 14.9 Å². The molecule has 2 aromatic rings. The molecule has 1 aromatic carbocycles. The third kappa shape index (κ3) is 3.33. The van der Waals surface area contributed by atoms with Crippen LogP contribution in [0.3, 0.4) is 0 Å². The van der Waals surface area contributed by atoms with E-state index in [9.17, 15) is 14.0 Å². The average molecular weight is 350 g/mol. The number of halogens is 1. The van der Waals surface area contributed by atoms with Crippen LogP contribution in [0.5, 0.6) is 0 Å². The van der Waals surface area contributed by atoms with Crippen LogP contribution in [0, 0.1) is 5.82 Å². The highest BCUT2D eigenvalue weighted by Gasteiger charge is 2.28. The molecule has 1 aliphatic rings. The maximum Gasteiger partial charge on any atom is 0.410 e. The summed E-state index contributed by atoms with van der Waals surface area (Å²) in [6.45, 7) is 7.27. The summed E-state index contributed by atoms with van der Waals surface area (Å²) in [7, 11) is 1.61. The number of H-pyrrole nitrogens is 1. The molecule has 8 heteroatoms. The minimum Gasteiger partial charge on any atom is -0.444 e. The summed E-state index contributed by atoms with van der Waals surface area (Å²) in [5, 5.41) is 0. The van der Waals surface area contributed by atoms with Gasteiger partial charge in [0.05, 0.1) is 16.7 Å². The van der Waals surface area contributed by atoms with Crippen molar-refractivity contribution in [2.45, 2.75) is 26.4 Å². The minimum atomic E-state index is -0.546. The summed E-state index contributed by atoms with van der Waals surface area (Å²) in [6.07, 6.45) is -0.361. The number of nitrogens with zero attached hydrogens (tertiary/aromatic N) is 3. The lowest BCUT2D eigenvalue weighted by Crippen LogP contribution is -2.50. The summed E-state index contributed by atoms with van der Waals surface area (Å²) in [5.74, 6) is -0.382. The van der Waals surface area contributed by atoms with E-state index in [-0.39, 0.29) is 17.6 Å². The molecule has 7 nitrogen and oxygen atoms in total. The van der Waals surface area contributed by atoms with Crippen molar-refractivity contribution >= 4 is 22.8 Å². The van der Waals surface area contributed by atoms with Crippen molar-refractivity contribution in [3.05, 3.63) is 28.4 Å². The van der Waals surface area contributed by atoms with Crippen LogP contribution in [-0.4, -0.2) is 52.3 Å². The van der Waals surface area contributed by atoms with E-state index in [1.807, 2.05) is 25.7 Å². The molecule has 1 aromatic heterocycles. The van der Waals surface area contributed by atoms with Crippen molar-refractivity contribution < 1.29 is 13.9 Å². The zero-order valence-corrected chi connectivity index (χ0v) is 14.9. The predicted octanol–water partition coefficient (Wildman–Crippen LogP) is 2.06. The molecule has 0 unspecified atom stereocenters. The molecule has 0 atom stereocenters. The molecule has 2 heterocycles. The molecule has 0 saturated carbocycles. The molecule has 25 heavy (non-hydrogen) atoms. The SMILES string of the molecule is Cn1c(=O)[nH]c2ccc(F)c(N3CCN(C(=O)OC(C)(C)C)CC3)c21. The van der Waals surface area contributed by atoms with Crippen LogP contribution in [0.15, 0.2) is 16.9 Å². The van der Waals surface area contributed by atoms with E-state index in [0.717, 1.165) is 0 Å². The van der Waals surface area contributed by atoms with Gasteiger partial charge in [-0.25, -0.2) is 14.0 Å². The smallest absolute Gasteiger partial charge is 0.410 e. The Balaban J connectivity index is 1.82. The topological polar surface area (TPSA) is 70.6 Å². The van der Waals surface area contributed by atoms with Crippen LogP contribution >= 0.6 is 0 Å². The Morgan fingerprint density at radius 3 is 2.44 bits per heavy atom. The molecule has 1 aliphatic heterocycles. The number of anilines is 1. The van der Waals surface area contributed by atoms with Gasteiger partial charge < -0.3 is 19.5 Å². The summed E-state index contributed by atoms with van der Waals surface area (Å²) in [4.78, 5) is 30.2. The number of hydrogen-bond donors (Lipinski definition) is 1. The zero-order chi connectivity index (χ0) is 18.4. The van der Waals surface area contributed by atoms with Crippen molar-refractivity contribution in [2.24, 2.45) is 7.05 Å². The Bertz CT molecular complexity index is 857. The number of aryl methyl sites for hydroxylation is 1. The van der Waals surface area contributed by atoms with Gasteiger partial charge in [0.25, 0.3) is 0 Å². The van der Waals surface area contributed by atoms with Crippen molar-refractivity contribution in [2.75, 3.05) is 31.1 Å². The summed E-state index contributed by atoms with van der Waals surface area (Å²) in [5.41, 5.74) is 0.695. The van der Waals surface area contributed by atoms with E-state index in [4.69, 9.17) is 4.74 Å². The van der Waals surface area contributed by atoms with Crippen LogP contribution < -0.4 is 10.6 Å². The number of amides is 1. The Morgan fingerprint density at radius 1 is 1.20 bits per heavy atom. The van der Waals surface area contributed by atoms with Crippen molar-refractivity contribution in [1.82, 2.24) is 14.5 Å². The third-order valence-electron chi connectivity index (χ3n) is 4.23. The second kappa shape index (κ2) is 6.09. The number of piperazine rings is 1. The molecule has 136 valence electrons. The molecule has 0 bridgehead atoms. The molecule has 0 spiro atoms. The third-order valence-corrected chi connectivity index (χ3v) is 4.23. The highest BCUT2D eigenvalue weighted by atomic mass is 19.1. The quantitative estimate of drug-likeness (QED) is 0.855. The van der Waals surface area contributed by atoms with Gasteiger partial charge in [-0.2, -0.15) is 0 Å². The number of nitrogens with one attached hydrogen (secondary N) is 1. The average Bonchev–Trinajstić information content (AvgIpc) is 2.81. The van der Waals surface area contributed by atoms with E-state index >= 15 is 0 Å². The lowest BCUT2D eigenvalue weighted by molar-refractivity contribution is 0.0240. The van der Waals surface area contributed by atoms with Gasteiger partial charge in [0.2, 0.25) is 0 Å². The maximum atomic E-state index is 14.5. The van der Waals surface area contributed by atoms with Gasteiger partial charge in [0.15, 0.2) is 0 Å². The Kier molecular flexibility index (Phi) is 4.22. The van der Waals surface area contributed by atoms with Crippen LogP contribution in [0.2, 0.25) is 0 Å². The van der Waals surface area contributed by atoms with Gasteiger partial charge in [-0.15, -0.1) is 0 Å². The number of benzene rings is 1. The molecular formula is C17H23FN4O3. The van der Waals surface area contributed by atoms with Crippen LogP contribution in [0.25, 0.3) is 11.0 Å². The predicted molar refractivity (Wildman–Crippen MR) is 93.5 cm³/mol. The first-order valence-electron chi connectivity index (χ1n) is 8.27. The summed E-state index contributed by atoms with van der Waals surface area (Å²) >= 11 is 0. The first kappa shape index (κ1) is 17.3. The van der Waals surface area contributed by atoms with Crippen molar-refractivity contribution in [3.63, 3.8) is 0 Å². The van der Waals surface area contributed by atoms with Crippen LogP contribution in [-0.2, 0) is 11.8 Å². The largest absolute Gasteiger partial charge is 0.444 e. The fourth-order valence-corrected chi connectivity index (χ4v) is 3.04. The molecule has 1 N–H and O–H groups in total. The van der Waals surface area contributed by atoms with E-state index in [1.54, 1.807) is 18.0 Å². The van der Waals surface area contributed by atoms with E-state index in [1.165, 1.54) is 10.6 Å². The first-order chi connectivity index (χ1) is 11.7. The lowest BCUT2D eigenvalue weighted by atomic mass is 10.2. The van der Waals surface area contributed by atoms with Crippen molar-refractivity contribution in [3.8, 4) is 0 Å². The lowest BCUT2D eigenvalue weighted by Gasteiger charge is -2.37. The zero-order valence-electron chi connectivity index (χ0n) is 14.9. The number of rotatable bonds is 1. The summed E-state index contributed by atoms with van der Waals surface area (Å²) in [6, 6.07) is 2.92. The second-order valence-electron chi connectivity index (χ2n) is 7.24. The number of imidazole rings is 1. The highest BCUT2D eigenvalue weighted by Crippen LogP contribution is 2.29. The molecule has 1 amide bonds. The maximum absolute atomic E-state index is 14.5. The van der Waals surface area contributed by atoms with Gasteiger partial charge >= 0.3 is 11.8 Å². The number of carbonyl (C=O) groups is 1. The number of fused-ring (bicyclic) bond motifs is 1. The number of ether oxygens (including phenoxy) is 1. The van der Waals surface area contributed by atoms with Crippen LogP contribution in [0.1, 0.15) is 20.8 Å². The normalized spacial score (nSPS) is 15.7. The van der Waals surface area contributed by atoms with Crippen molar-refractivity contribution in [1.29, 1.82) is 0 Å². The molecule has 0 aliphatic carbocycles. The molecule has 1 saturated heterocycles. The Morgan fingerprint density at radius 2 is 1.84 bits per heavy atom. The second-order valence-corrected chi connectivity index (χ2v) is 7.24. The number of hydrogen-bond acceptors (Lipinski definition) is 4. The van der Waals surface area contributed by atoms with Gasteiger partial charge in [0, 0.05) is 33.2 Å².